The largest absolute Gasteiger partial charge is 0.497 e. The maximum atomic E-state index is 13.6. The van der Waals surface area contributed by atoms with E-state index in [2.05, 4.69) is 10.2 Å². The van der Waals surface area contributed by atoms with E-state index < -0.39 is 17.3 Å². The second-order valence-corrected chi connectivity index (χ2v) is 6.84. The standard InChI is InChI=1S/C21H25FN2O3/c1-27-17-8-6-16(7-9-17)21(26)10-13-24(14-11-21)15-12-23-20(25)18-4-2-3-5-19(18)22/h2-9,26H,10-15H2,1H3,(H,23,25). The zero-order valence-corrected chi connectivity index (χ0v) is 15.5. The summed E-state index contributed by atoms with van der Waals surface area (Å²) in [6.07, 6.45) is 1.25. The van der Waals surface area contributed by atoms with Gasteiger partial charge in [0.1, 0.15) is 11.6 Å². The van der Waals surface area contributed by atoms with Gasteiger partial charge in [-0.25, -0.2) is 4.39 Å². The summed E-state index contributed by atoms with van der Waals surface area (Å²) in [6, 6.07) is 13.5. The first-order valence-corrected chi connectivity index (χ1v) is 9.14. The molecule has 1 aliphatic rings. The highest BCUT2D eigenvalue weighted by atomic mass is 19.1. The number of piperidine rings is 1. The number of methoxy groups -OCH3 is 1. The van der Waals surface area contributed by atoms with E-state index in [1.807, 2.05) is 24.3 Å². The lowest BCUT2D eigenvalue weighted by Gasteiger charge is -2.38. The molecule has 1 saturated heterocycles. The Morgan fingerprint density at radius 3 is 2.48 bits per heavy atom. The molecule has 0 aromatic heterocycles. The molecule has 0 atom stereocenters. The molecule has 1 heterocycles. The first-order chi connectivity index (χ1) is 13.0. The second-order valence-electron chi connectivity index (χ2n) is 6.84. The highest BCUT2D eigenvalue weighted by molar-refractivity contribution is 5.94. The molecule has 2 aromatic rings. The van der Waals surface area contributed by atoms with Crippen molar-refractivity contribution >= 4 is 5.91 Å². The van der Waals surface area contributed by atoms with Gasteiger partial charge in [0.05, 0.1) is 18.3 Å². The number of likely N-dealkylation sites (tertiary alicyclic amines) is 1. The van der Waals surface area contributed by atoms with Gasteiger partial charge < -0.3 is 20.1 Å². The molecule has 0 saturated carbocycles. The molecular weight excluding hydrogens is 347 g/mol. The van der Waals surface area contributed by atoms with E-state index in [0.717, 1.165) is 24.4 Å². The minimum Gasteiger partial charge on any atom is -0.497 e. The molecule has 27 heavy (non-hydrogen) atoms. The monoisotopic (exact) mass is 372 g/mol. The Morgan fingerprint density at radius 2 is 1.85 bits per heavy atom. The van der Waals surface area contributed by atoms with Crippen molar-refractivity contribution in [2.24, 2.45) is 0 Å². The van der Waals surface area contributed by atoms with E-state index in [1.165, 1.54) is 12.1 Å². The molecule has 2 aromatic carbocycles. The number of hydrogen-bond donors (Lipinski definition) is 2. The van der Waals surface area contributed by atoms with Gasteiger partial charge in [0, 0.05) is 26.2 Å². The van der Waals surface area contributed by atoms with Crippen LogP contribution in [0.4, 0.5) is 4.39 Å². The zero-order valence-electron chi connectivity index (χ0n) is 15.5. The van der Waals surface area contributed by atoms with E-state index in [-0.39, 0.29) is 5.56 Å². The fourth-order valence-corrected chi connectivity index (χ4v) is 3.40. The molecule has 0 bridgehead atoms. The van der Waals surface area contributed by atoms with Crippen LogP contribution in [0.3, 0.4) is 0 Å². The van der Waals surface area contributed by atoms with Crippen LogP contribution in [0.1, 0.15) is 28.8 Å². The summed E-state index contributed by atoms with van der Waals surface area (Å²) in [5.41, 5.74) is 0.125. The van der Waals surface area contributed by atoms with Crippen LogP contribution in [-0.2, 0) is 5.60 Å². The van der Waals surface area contributed by atoms with Gasteiger partial charge in [0.25, 0.3) is 5.91 Å². The van der Waals surface area contributed by atoms with Crippen LogP contribution in [0.2, 0.25) is 0 Å². The molecule has 0 unspecified atom stereocenters. The van der Waals surface area contributed by atoms with Gasteiger partial charge >= 0.3 is 0 Å². The number of halogens is 1. The molecule has 2 N–H and O–H groups in total. The molecule has 3 rings (SSSR count). The van der Waals surface area contributed by atoms with E-state index in [4.69, 9.17) is 4.74 Å². The van der Waals surface area contributed by atoms with Gasteiger partial charge in [0.2, 0.25) is 0 Å². The predicted octanol–water partition coefficient (Wildman–Crippen LogP) is 2.55. The Morgan fingerprint density at radius 1 is 1.19 bits per heavy atom. The number of nitrogens with zero attached hydrogens (tertiary/aromatic N) is 1. The number of ether oxygens (including phenoxy) is 1. The molecule has 0 spiro atoms. The third-order valence-electron chi connectivity index (χ3n) is 5.14. The van der Waals surface area contributed by atoms with Crippen molar-refractivity contribution in [3.05, 3.63) is 65.5 Å². The minimum absolute atomic E-state index is 0.0602. The van der Waals surface area contributed by atoms with Crippen molar-refractivity contribution in [3.8, 4) is 5.75 Å². The van der Waals surface area contributed by atoms with Gasteiger partial charge in [0.15, 0.2) is 0 Å². The fourth-order valence-electron chi connectivity index (χ4n) is 3.40. The van der Waals surface area contributed by atoms with Crippen LogP contribution in [0.25, 0.3) is 0 Å². The molecule has 1 aliphatic heterocycles. The number of aliphatic hydroxyl groups is 1. The smallest absolute Gasteiger partial charge is 0.254 e. The van der Waals surface area contributed by atoms with Gasteiger partial charge in [-0.2, -0.15) is 0 Å². The number of carbonyl (C=O) groups excluding carboxylic acids is 1. The molecule has 1 fully saturated rings. The Hall–Kier alpha value is -2.44. The average molecular weight is 372 g/mol. The highest BCUT2D eigenvalue weighted by Crippen LogP contribution is 2.33. The zero-order chi connectivity index (χ0) is 19.3. The van der Waals surface area contributed by atoms with Crippen molar-refractivity contribution in [1.82, 2.24) is 10.2 Å². The SMILES string of the molecule is COc1ccc(C2(O)CCN(CCNC(=O)c3ccccc3F)CC2)cc1. The van der Waals surface area contributed by atoms with Gasteiger partial charge in [-0.3, -0.25) is 4.79 Å². The van der Waals surface area contributed by atoms with Crippen LogP contribution < -0.4 is 10.1 Å². The van der Waals surface area contributed by atoms with E-state index in [0.29, 0.717) is 25.9 Å². The third kappa shape index (κ3) is 4.64. The Bertz CT molecular complexity index is 771. The fraction of sp³-hybridized carbons (Fsp3) is 0.381. The maximum Gasteiger partial charge on any atom is 0.254 e. The van der Waals surface area contributed by atoms with Crippen molar-refractivity contribution in [3.63, 3.8) is 0 Å². The summed E-state index contributed by atoms with van der Waals surface area (Å²) in [5.74, 6) is -0.150. The van der Waals surface area contributed by atoms with E-state index in [9.17, 15) is 14.3 Å². The molecule has 1 amide bonds. The number of rotatable bonds is 6. The normalized spacial score (nSPS) is 16.7. The highest BCUT2D eigenvalue weighted by Gasteiger charge is 2.33. The lowest BCUT2D eigenvalue weighted by Crippen LogP contribution is -2.45. The van der Waals surface area contributed by atoms with Crippen molar-refractivity contribution in [1.29, 1.82) is 0 Å². The Kier molecular flexibility index (Phi) is 6.08. The number of amides is 1. The molecule has 144 valence electrons. The van der Waals surface area contributed by atoms with E-state index in [1.54, 1.807) is 19.2 Å². The van der Waals surface area contributed by atoms with Crippen molar-refractivity contribution in [2.45, 2.75) is 18.4 Å². The summed E-state index contributed by atoms with van der Waals surface area (Å²) >= 11 is 0. The average Bonchev–Trinajstić information content (AvgIpc) is 2.70. The number of nitrogens with one attached hydrogen (secondary N) is 1. The first-order valence-electron chi connectivity index (χ1n) is 9.14. The van der Waals surface area contributed by atoms with Gasteiger partial charge in [-0.15, -0.1) is 0 Å². The molecular formula is C21H25FN2O3. The summed E-state index contributed by atoms with van der Waals surface area (Å²) in [5, 5.41) is 13.7. The van der Waals surface area contributed by atoms with Crippen LogP contribution in [0, 0.1) is 5.82 Å². The molecule has 0 aliphatic carbocycles. The van der Waals surface area contributed by atoms with Crippen LogP contribution in [0.5, 0.6) is 5.75 Å². The van der Waals surface area contributed by atoms with Crippen LogP contribution in [0.15, 0.2) is 48.5 Å². The quantitative estimate of drug-likeness (QED) is 0.818. The predicted molar refractivity (Wildman–Crippen MR) is 101 cm³/mol. The lowest BCUT2D eigenvalue weighted by atomic mass is 9.84. The van der Waals surface area contributed by atoms with Gasteiger partial charge in [-0.1, -0.05) is 24.3 Å². The van der Waals surface area contributed by atoms with Crippen LogP contribution in [-0.4, -0.2) is 49.2 Å². The summed E-state index contributed by atoms with van der Waals surface area (Å²) in [4.78, 5) is 14.2. The first kappa shape index (κ1) is 19.3. The van der Waals surface area contributed by atoms with E-state index >= 15 is 0 Å². The summed E-state index contributed by atoms with van der Waals surface area (Å²) in [6.45, 7) is 2.57. The number of benzene rings is 2. The topological polar surface area (TPSA) is 61.8 Å². The third-order valence-corrected chi connectivity index (χ3v) is 5.14. The summed E-state index contributed by atoms with van der Waals surface area (Å²) < 4.78 is 18.8. The Labute approximate surface area is 158 Å². The van der Waals surface area contributed by atoms with Crippen LogP contribution >= 0.6 is 0 Å². The second kappa shape index (κ2) is 8.50. The maximum absolute atomic E-state index is 13.6. The molecule has 6 heteroatoms. The van der Waals surface area contributed by atoms with Crippen molar-refractivity contribution < 1.29 is 19.0 Å². The minimum atomic E-state index is -0.834. The van der Waals surface area contributed by atoms with Crippen molar-refractivity contribution in [2.75, 3.05) is 33.3 Å². The molecule has 5 nitrogen and oxygen atoms in total. The summed E-state index contributed by atoms with van der Waals surface area (Å²) in [7, 11) is 1.62. The number of carbonyl (C=O) groups is 1. The van der Waals surface area contributed by atoms with Gasteiger partial charge in [-0.05, 0) is 42.7 Å². The lowest BCUT2D eigenvalue weighted by molar-refractivity contribution is -0.0255. The number of hydrogen-bond acceptors (Lipinski definition) is 4. The molecule has 0 radical (unpaired) electrons. The Balaban J connectivity index is 1.46.